The van der Waals surface area contributed by atoms with E-state index >= 15 is 0 Å². The SMILES string of the molecule is CN[C@@H](C)C(=O)NC1CCSC2CC(C(C)C)(C(C)C)C(C(=O)N[C@@H]3CCCc4ccccc43)N2C1=O.Cl. The van der Waals surface area contributed by atoms with Crippen molar-refractivity contribution < 1.29 is 14.4 Å². The van der Waals surface area contributed by atoms with E-state index in [9.17, 15) is 14.4 Å². The van der Waals surface area contributed by atoms with Gasteiger partial charge in [0.05, 0.1) is 17.5 Å². The molecule has 3 N–H and O–H groups in total. The van der Waals surface area contributed by atoms with Crippen LogP contribution >= 0.6 is 24.2 Å². The molecule has 1 aromatic rings. The largest absolute Gasteiger partial charge is 0.347 e. The van der Waals surface area contributed by atoms with E-state index in [0.29, 0.717) is 6.42 Å². The summed E-state index contributed by atoms with van der Waals surface area (Å²) in [5, 5.41) is 9.25. The minimum atomic E-state index is -0.623. The van der Waals surface area contributed by atoms with Gasteiger partial charge in [0.25, 0.3) is 0 Å². The highest BCUT2D eigenvalue weighted by atomic mass is 35.5. The molecule has 0 bridgehead atoms. The number of amides is 3. The predicted octanol–water partition coefficient (Wildman–Crippen LogP) is 4.06. The molecule has 0 aromatic heterocycles. The Morgan fingerprint density at radius 1 is 1.03 bits per heavy atom. The van der Waals surface area contributed by atoms with Crippen molar-refractivity contribution in [3.63, 3.8) is 0 Å². The van der Waals surface area contributed by atoms with Crippen molar-refractivity contribution in [3.05, 3.63) is 35.4 Å². The van der Waals surface area contributed by atoms with E-state index in [0.717, 1.165) is 31.4 Å². The van der Waals surface area contributed by atoms with E-state index in [1.807, 2.05) is 11.0 Å². The van der Waals surface area contributed by atoms with Gasteiger partial charge in [-0.3, -0.25) is 14.4 Å². The fourth-order valence-corrected chi connectivity index (χ4v) is 8.26. The van der Waals surface area contributed by atoms with Crippen molar-refractivity contribution in [3.8, 4) is 0 Å². The van der Waals surface area contributed by atoms with Crippen LogP contribution in [0.4, 0.5) is 0 Å². The van der Waals surface area contributed by atoms with Gasteiger partial charge in [0.15, 0.2) is 0 Å². The fourth-order valence-electron chi connectivity index (χ4n) is 6.83. The van der Waals surface area contributed by atoms with Crippen molar-refractivity contribution in [1.82, 2.24) is 20.9 Å². The monoisotopic (exact) mass is 564 g/mol. The van der Waals surface area contributed by atoms with E-state index in [-0.39, 0.29) is 58.8 Å². The van der Waals surface area contributed by atoms with Gasteiger partial charge in [-0.15, -0.1) is 24.2 Å². The number of likely N-dealkylation sites (N-methyl/N-ethyl adjacent to an activating group) is 1. The maximum absolute atomic E-state index is 14.3. The van der Waals surface area contributed by atoms with Crippen LogP contribution in [-0.4, -0.2) is 58.9 Å². The molecule has 2 fully saturated rings. The Labute approximate surface area is 238 Å². The summed E-state index contributed by atoms with van der Waals surface area (Å²) in [6.45, 7) is 10.5. The van der Waals surface area contributed by atoms with Gasteiger partial charge in [-0.25, -0.2) is 0 Å². The van der Waals surface area contributed by atoms with Gasteiger partial charge < -0.3 is 20.9 Å². The smallest absolute Gasteiger partial charge is 0.246 e. The highest BCUT2D eigenvalue weighted by molar-refractivity contribution is 7.99. The lowest BCUT2D eigenvalue weighted by atomic mass is 9.63. The average molecular weight is 565 g/mol. The third-order valence-corrected chi connectivity index (χ3v) is 10.4. The lowest BCUT2D eigenvalue weighted by molar-refractivity contribution is -0.146. The van der Waals surface area contributed by atoms with Gasteiger partial charge >= 0.3 is 0 Å². The lowest BCUT2D eigenvalue weighted by Gasteiger charge is -2.44. The summed E-state index contributed by atoms with van der Waals surface area (Å²) in [4.78, 5) is 43.0. The quantitative estimate of drug-likeness (QED) is 0.465. The molecule has 2 aliphatic heterocycles. The van der Waals surface area contributed by atoms with Crippen LogP contribution in [0.3, 0.4) is 0 Å². The first-order valence-corrected chi connectivity index (χ1v) is 15.0. The Morgan fingerprint density at radius 3 is 2.37 bits per heavy atom. The molecule has 212 valence electrons. The van der Waals surface area contributed by atoms with E-state index in [2.05, 4.69) is 61.8 Å². The molecule has 4 rings (SSSR count). The van der Waals surface area contributed by atoms with Crippen molar-refractivity contribution in [2.75, 3.05) is 12.8 Å². The number of hydrogen-bond donors (Lipinski definition) is 3. The highest BCUT2D eigenvalue weighted by Gasteiger charge is 2.61. The number of aryl methyl sites for hydroxylation is 1. The van der Waals surface area contributed by atoms with E-state index in [1.165, 1.54) is 11.1 Å². The number of rotatable bonds is 7. The van der Waals surface area contributed by atoms with Crippen LogP contribution in [0.5, 0.6) is 0 Å². The molecule has 2 heterocycles. The first-order valence-electron chi connectivity index (χ1n) is 13.9. The van der Waals surface area contributed by atoms with Crippen LogP contribution < -0.4 is 16.0 Å². The Balaban J connectivity index is 0.00000400. The first kappa shape index (κ1) is 30.8. The van der Waals surface area contributed by atoms with Gasteiger partial charge in [-0.1, -0.05) is 52.0 Å². The molecule has 5 atom stereocenters. The molecule has 3 aliphatic rings. The summed E-state index contributed by atoms with van der Waals surface area (Å²) in [6.07, 6.45) is 4.32. The maximum Gasteiger partial charge on any atom is 0.246 e. The number of carbonyl (C=O) groups excluding carboxylic acids is 3. The summed E-state index contributed by atoms with van der Waals surface area (Å²) in [5.41, 5.74) is 2.14. The van der Waals surface area contributed by atoms with Gasteiger partial charge in [0, 0.05) is 5.41 Å². The predicted molar refractivity (Wildman–Crippen MR) is 156 cm³/mol. The van der Waals surface area contributed by atoms with Crippen LogP contribution in [0.25, 0.3) is 0 Å². The van der Waals surface area contributed by atoms with Crippen LogP contribution in [0.2, 0.25) is 0 Å². The molecule has 7 nitrogen and oxygen atoms in total. The summed E-state index contributed by atoms with van der Waals surface area (Å²) in [6, 6.07) is 6.73. The molecule has 1 aromatic carbocycles. The standard InChI is InChI=1S/C29H44N4O3S.ClH/c1-17(2)29(18(3)4)16-24-33(28(36)23(14-15-37-24)32-26(34)19(5)30-6)25(29)27(35)31-22-13-9-11-20-10-7-8-12-21(20)22;/h7-8,10,12,17-19,22-25,30H,9,11,13-16H2,1-6H3,(H,31,35)(H,32,34);1H/t19-,22+,23?,24?,25?;/m0./s1. The minimum Gasteiger partial charge on any atom is -0.347 e. The zero-order valence-corrected chi connectivity index (χ0v) is 25.2. The van der Waals surface area contributed by atoms with Gasteiger partial charge in [-0.05, 0) is 74.8 Å². The normalized spacial score (nSPS) is 27.2. The first-order chi connectivity index (χ1) is 17.6. The minimum absolute atomic E-state index is 0. The second-order valence-corrected chi connectivity index (χ2v) is 12.9. The number of hydrogen-bond acceptors (Lipinski definition) is 5. The number of nitrogens with zero attached hydrogens (tertiary/aromatic N) is 1. The second kappa shape index (κ2) is 12.6. The highest BCUT2D eigenvalue weighted by Crippen LogP contribution is 2.55. The van der Waals surface area contributed by atoms with E-state index in [4.69, 9.17) is 0 Å². The molecule has 2 saturated heterocycles. The molecular weight excluding hydrogens is 520 g/mol. The number of nitrogens with one attached hydrogen (secondary N) is 3. The van der Waals surface area contributed by atoms with Crippen LogP contribution in [0, 0.1) is 17.3 Å². The zero-order chi connectivity index (χ0) is 26.9. The zero-order valence-electron chi connectivity index (χ0n) is 23.6. The second-order valence-electron chi connectivity index (χ2n) is 11.6. The van der Waals surface area contributed by atoms with Crippen LogP contribution in [-0.2, 0) is 20.8 Å². The topological polar surface area (TPSA) is 90.5 Å². The molecule has 0 saturated carbocycles. The Kier molecular flexibility index (Phi) is 10.2. The maximum atomic E-state index is 14.3. The summed E-state index contributed by atoms with van der Waals surface area (Å²) < 4.78 is 0. The van der Waals surface area contributed by atoms with Crippen molar-refractivity contribution in [1.29, 1.82) is 0 Å². The number of carbonyl (C=O) groups is 3. The summed E-state index contributed by atoms with van der Waals surface area (Å²) in [7, 11) is 1.73. The lowest BCUT2D eigenvalue weighted by Crippen LogP contribution is -2.60. The summed E-state index contributed by atoms with van der Waals surface area (Å²) in [5.74, 6) is 0.805. The number of benzene rings is 1. The molecular formula is C29H45ClN4O3S. The van der Waals surface area contributed by atoms with Crippen molar-refractivity contribution in [2.45, 2.75) is 96.3 Å². The number of thioether (sulfide) groups is 1. The molecule has 1 aliphatic carbocycles. The molecule has 3 amide bonds. The third kappa shape index (κ3) is 5.59. The van der Waals surface area contributed by atoms with E-state index < -0.39 is 18.1 Å². The van der Waals surface area contributed by atoms with Gasteiger partial charge in [-0.2, -0.15) is 0 Å². The van der Waals surface area contributed by atoms with Crippen molar-refractivity contribution in [2.24, 2.45) is 17.3 Å². The molecule has 38 heavy (non-hydrogen) atoms. The molecule has 0 radical (unpaired) electrons. The van der Waals surface area contributed by atoms with Gasteiger partial charge in [0.2, 0.25) is 17.7 Å². The Hall–Kier alpha value is -1.77. The summed E-state index contributed by atoms with van der Waals surface area (Å²) >= 11 is 1.75. The average Bonchev–Trinajstić information content (AvgIpc) is 3.17. The van der Waals surface area contributed by atoms with Crippen molar-refractivity contribution >= 4 is 41.9 Å². The van der Waals surface area contributed by atoms with Crippen LogP contribution in [0.15, 0.2) is 24.3 Å². The van der Waals surface area contributed by atoms with E-state index in [1.54, 1.807) is 25.7 Å². The Morgan fingerprint density at radius 2 is 1.71 bits per heavy atom. The molecule has 0 spiro atoms. The fraction of sp³-hybridized carbons (Fsp3) is 0.690. The van der Waals surface area contributed by atoms with Crippen LogP contribution in [0.1, 0.15) is 77.5 Å². The van der Waals surface area contributed by atoms with Gasteiger partial charge in [0.1, 0.15) is 12.1 Å². The third-order valence-electron chi connectivity index (χ3n) is 9.12. The number of halogens is 1. The molecule has 3 unspecified atom stereocenters. The Bertz CT molecular complexity index is 1010. The number of fused-ring (bicyclic) bond motifs is 2. The molecule has 9 heteroatoms.